The van der Waals surface area contributed by atoms with Crippen LogP contribution in [0.3, 0.4) is 0 Å². The van der Waals surface area contributed by atoms with Gasteiger partial charge in [0.05, 0.1) is 0 Å². The lowest BCUT2D eigenvalue weighted by atomic mass is 9.88. The number of hydrogen-bond acceptors (Lipinski definition) is 2. The van der Waals surface area contributed by atoms with Crippen LogP contribution >= 0.6 is 15.9 Å². The van der Waals surface area contributed by atoms with Crippen LogP contribution in [-0.2, 0) is 6.42 Å². The van der Waals surface area contributed by atoms with Crippen molar-refractivity contribution >= 4 is 15.9 Å². The molecule has 4 heteroatoms. The number of nitrogens with one attached hydrogen (secondary N) is 1. The first-order chi connectivity index (χ1) is 8.27. The van der Waals surface area contributed by atoms with Crippen LogP contribution in [0.5, 0.6) is 0 Å². The van der Waals surface area contributed by atoms with Gasteiger partial charge in [0.15, 0.2) is 0 Å². The summed E-state index contributed by atoms with van der Waals surface area (Å²) in [5.41, 5.74) is 0.990. The Bertz CT molecular complexity index is 385. The topological polar surface area (TPSA) is 15.3 Å². The first kappa shape index (κ1) is 15.6. The van der Waals surface area contributed by atoms with E-state index in [2.05, 4.69) is 54.1 Å². The van der Waals surface area contributed by atoms with Crippen molar-refractivity contribution in [1.82, 2.24) is 10.2 Å². The van der Waals surface area contributed by atoms with Crippen molar-refractivity contribution in [2.24, 2.45) is 0 Å². The molecule has 0 bridgehead atoms. The molecule has 1 N–H and O–H groups in total. The van der Waals surface area contributed by atoms with Gasteiger partial charge >= 0.3 is 0 Å². The highest BCUT2D eigenvalue weighted by Crippen LogP contribution is 2.22. The van der Waals surface area contributed by atoms with E-state index in [1.54, 1.807) is 6.07 Å². The third-order valence-electron chi connectivity index (χ3n) is 3.72. The van der Waals surface area contributed by atoms with Crippen LogP contribution in [0.2, 0.25) is 0 Å². The minimum Gasteiger partial charge on any atom is -0.315 e. The molecule has 0 amide bonds. The summed E-state index contributed by atoms with van der Waals surface area (Å²) in [5.74, 6) is -0.197. The highest BCUT2D eigenvalue weighted by molar-refractivity contribution is 9.10. The van der Waals surface area contributed by atoms with E-state index in [4.69, 9.17) is 0 Å². The fraction of sp³-hybridized carbons (Fsp3) is 0.571. The molecule has 1 aromatic rings. The van der Waals surface area contributed by atoms with Gasteiger partial charge in [-0.2, -0.15) is 0 Å². The molecule has 0 saturated heterocycles. The van der Waals surface area contributed by atoms with E-state index >= 15 is 0 Å². The molecule has 0 heterocycles. The summed E-state index contributed by atoms with van der Waals surface area (Å²) in [6.45, 7) is 4.37. The number of benzene rings is 1. The Morgan fingerprint density at radius 1 is 1.33 bits per heavy atom. The van der Waals surface area contributed by atoms with Crippen molar-refractivity contribution in [2.45, 2.75) is 31.8 Å². The number of halogens is 2. The molecule has 1 aromatic carbocycles. The number of rotatable bonds is 5. The molecule has 0 radical (unpaired) electrons. The van der Waals surface area contributed by atoms with Gasteiger partial charge in [-0.05, 0) is 65.2 Å². The molecular weight excluding hydrogens is 295 g/mol. The molecule has 0 spiro atoms. The van der Waals surface area contributed by atoms with E-state index in [9.17, 15) is 4.39 Å². The Morgan fingerprint density at radius 3 is 2.39 bits per heavy atom. The van der Waals surface area contributed by atoms with Gasteiger partial charge in [-0.25, -0.2) is 4.39 Å². The van der Waals surface area contributed by atoms with Crippen LogP contribution in [-0.4, -0.2) is 37.6 Å². The molecule has 102 valence electrons. The zero-order chi connectivity index (χ0) is 13.9. The SMILES string of the molecule is CNC(Cc1cc(F)cc(Br)c1)C(C)(C)N(C)C. The second-order valence-corrected chi connectivity index (χ2v) is 6.29. The lowest BCUT2D eigenvalue weighted by molar-refractivity contribution is 0.141. The summed E-state index contributed by atoms with van der Waals surface area (Å²) >= 11 is 3.33. The number of likely N-dealkylation sites (N-methyl/N-ethyl adjacent to an activating group) is 2. The van der Waals surface area contributed by atoms with Gasteiger partial charge in [-0.15, -0.1) is 0 Å². The van der Waals surface area contributed by atoms with Gasteiger partial charge in [0.1, 0.15) is 5.82 Å². The molecule has 18 heavy (non-hydrogen) atoms. The van der Waals surface area contributed by atoms with Crippen LogP contribution in [0.15, 0.2) is 22.7 Å². The standard InChI is InChI=1S/C14H22BrFN2/c1-14(2,18(4)5)13(17-3)8-10-6-11(15)9-12(16)7-10/h6-7,9,13,17H,8H2,1-5H3. The van der Waals surface area contributed by atoms with Gasteiger partial charge in [-0.1, -0.05) is 15.9 Å². The van der Waals surface area contributed by atoms with Gasteiger partial charge in [0.25, 0.3) is 0 Å². The Morgan fingerprint density at radius 2 is 1.94 bits per heavy atom. The lowest BCUT2D eigenvalue weighted by Crippen LogP contribution is -2.55. The molecule has 0 aromatic heterocycles. The summed E-state index contributed by atoms with van der Waals surface area (Å²) in [6.07, 6.45) is 0.790. The van der Waals surface area contributed by atoms with Crippen molar-refractivity contribution in [2.75, 3.05) is 21.1 Å². The summed E-state index contributed by atoms with van der Waals surface area (Å²) in [6, 6.07) is 5.30. The Kier molecular flexibility index (Phi) is 5.32. The molecule has 0 aliphatic rings. The predicted molar refractivity (Wildman–Crippen MR) is 78.4 cm³/mol. The minimum absolute atomic E-state index is 0.00640. The summed E-state index contributed by atoms with van der Waals surface area (Å²) in [7, 11) is 6.07. The Hall–Kier alpha value is -0.450. The average molecular weight is 317 g/mol. The van der Waals surface area contributed by atoms with Gasteiger partial charge in [0, 0.05) is 16.1 Å². The number of nitrogens with zero attached hydrogens (tertiary/aromatic N) is 1. The van der Waals surface area contributed by atoms with Crippen LogP contribution in [0.1, 0.15) is 19.4 Å². The molecule has 1 unspecified atom stereocenters. The van der Waals surface area contributed by atoms with Crippen LogP contribution in [0.25, 0.3) is 0 Å². The second kappa shape index (κ2) is 6.13. The maximum atomic E-state index is 13.4. The molecule has 0 aliphatic heterocycles. The predicted octanol–water partition coefficient (Wildman–Crippen LogP) is 3.06. The van der Waals surface area contributed by atoms with E-state index in [1.807, 2.05) is 13.1 Å². The maximum absolute atomic E-state index is 13.4. The highest BCUT2D eigenvalue weighted by atomic mass is 79.9. The summed E-state index contributed by atoms with van der Waals surface area (Å²) in [5, 5.41) is 3.33. The second-order valence-electron chi connectivity index (χ2n) is 5.37. The Balaban J connectivity index is 2.92. The van der Waals surface area contributed by atoms with Gasteiger partial charge < -0.3 is 10.2 Å². The van der Waals surface area contributed by atoms with Crippen molar-refractivity contribution in [3.05, 3.63) is 34.1 Å². The minimum atomic E-state index is -0.197. The van der Waals surface area contributed by atoms with E-state index in [1.165, 1.54) is 6.07 Å². The fourth-order valence-electron chi connectivity index (χ4n) is 1.98. The first-order valence-corrected chi connectivity index (χ1v) is 6.86. The van der Waals surface area contributed by atoms with Crippen molar-refractivity contribution < 1.29 is 4.39 Å². The van der Waals surface area contributed by atoms with E-state index < -0.39 is 0 Å². The van der Waals surface area contributed by atoms with Crippen LogP contribution in [0, 0.1) is 5.82 Å². The molecule has 0 fully saturated rings. The zero-order valence-electron chi connectivity index (χ0n) is 11.7. The zero-order valence-corrected chi connectivity index (χ0v) is 13.3. The van der Waals surface area contributed by atoms with Crippen molar-refractivity contribution in [1.29, 1.82) is 0 Å². The third kappa shape index (κ3) is 3.77. The maximum Gasteiger partial charge on any atom is 0.124 e. The van der Waals surface area contributed by atoms with Crippen LogP contribution < -0.4 is 5.32 Å². The van der Waals surface area contributed by atoms with E-state index in [0.717, 1.165) is 16.5 Å². The smallest absolute Gasteiger partial charge is 0.124 e. The molecule has 2 nitrogen and oxygen atoms in total. The molecular formula is C14H22BrFN2. The third-order valence-corrected chi connectivity index (χ3v) is 4.17. The van der Waals surface area contributed by atoms with Gasteiger partial charge in [0.2, 0.25) is 0 Å². The quantitative estimate of drug-likeness (QED) is 0.898. The molecule has 1 rings (SSSR count). The van der Waals surface area contributed by atoms with Gasteiger partial charge in [-0.3, -0.25) is 0 Å². The number of hydrogen-bond donors (Lipinski definition) is 1. The monoisotopic (exact) mass is 316 g/mol. The average Bonchev–Trinajstić information content (AvgIpc) is 2.24. The normalized spacial score (nSPS) is 14.0. The largest absolute Gasteiger partial charge is 0.315 e. The highest BCUT2D eigenvalue weighted by Gasteiger charge is 2.30. The molecule has 0 aliphatic carbocycles. The molecule has 1 atom stereocenters. The lowest BCUT2D eigenvalue weighted by Gasteiger charge is -2.40. The first-order valence-electron chi connectivity index (χ1n) is 6.07. The Labute approximate surface area is 118 Å². The van der Waals surface area contributed by atoms with Crippen LogP contribution in [0.4, 0.5) is 4.39 Å². The van der Waals surface area contributed by atoms with Crippen molar-refractivity contribution in [3.63, 3.8) is 0 Å². The van der Waals surface area contributed by atoms with Crippen molar-refractivity contribution in [3.8, 4) is 0 Å². The fourth-order valence-corrected chi connectivity index (χ4v) is 2.49. The van der Waals surface area contributed by atoms with E-state index in [-0.39, 0.29) is 17.4 Å². The summed E-state index contributed by atoms with van der Waals surface area (Å²) < 4.78 is 14.2. The van der Waals surface area contributed by atoms with E-state index in [0.29, 0.717) is 0 Å². The summed E-state index contributed by atoms with van der Waals surface area (Å²) in [4.78, 5) is 2.18. The molecule has 0 saturated carbocycles.